The zero-order chi connectivity index (χ0) is 14.0. The molecular weight excluding hydrogens is 282 g/mol. The molecule has 2 aromatic heterocycles. The molecule has 0 spiro atoms. The third kappa shape index (κ3) is 2.38. The Balaban J connectivity index is 1.91. The number of anilines is 1. The lowest BCUT2D eigenvalue weighted by Crippen LogP contribution is -2.12. The second-order valence-electron chi connectivity index (χ2n) is 3.87. The van der Waals surface area contributed by atoms with Crippen molar-refractivity contribution in [3.63, 3.8) is 0 Å². The number of benzene rings is 1. The van der Waals surface area contributed by atoms with E-state index in [4.69, 9.17) is 4.42 Å². The van der Waals surface area contributed by atoms with Gasteiger partial charge in [-0.3, -0.25) is 4.72 Å². The molecule has 0 radical (unpaired) electrons. The van der Waals surface area contributed by atoms with Gasteiger partial charge in [0.05, 0.1) is 17.6 Å². The fourth-order valence-electron chi connectivity index (χ4n) is 1.61. The van der Waals surface area contributed by atoms with Gasteiger partial charge in [0.2, 0.25) is 0 Å². The Morgan fingerprint density at radius 2 is 2.15 bits per heavy atom. The summed E-state index contributed by atoms with van der Waals surface area (Å²) >= 11 is 0. The van der Waals surface area contributed by atoms with Crippen molar-refractivity contribution in [2.75, 3.05) is 4.72 Å². The van der Waals surface area contributed by atoms with Crippen LogP contribution >= 0.6 is 0 Å². The molecule has 1 N–H and O–H groups in total. The Bertz CT molecular complexity index is 796. The average molecular weight is 291 g/mol. The van der Waals surface area contributed by atoms with Crippen molar-refractivity contribution in [2.24, 2.45) is 0 Å². The van der Waals surface area contributed by atoms with Crippen LogP contribution in [0.1, 0.15) is 0 Å². The Morgan fingerprint density at radius 1 is 1.25 bits per heavy atom. The number of hydrogen-bond donors (Lipinski definition) is 1. The minimum atomic E-state index is -3.66. The Morgan fingerprint density at radius 3 is 2.85 bits per heavy atom. The van der Waals surface area contributed by atoms with Gasteiger partial charge in [-0.05, 0) is 34.7 Å². The van der Waals surface area contributed by atoms with Gasteiger partial charge in [-0.15, -0.1) is 5.10 Å². The van der Waals surface area contributed by atoms with E-state index in [9.17, 15) is 8.42 Å². The maximum atomic E-state index is 12.0. The smallest absolute Gasteiger partial charge is 0.265 e. The molecule has 20 heavy (non-hydrogen) atoms. The quantitative estimate of drug-likeness (QED) is 0.770. The van der Waals surface area contributed by atoms with E-state index >= 15 is 0 Å². The number of tetrazole rings is 1. The highest BCUT2D eigenvalue weighted by Crippen LogP contribution is 2.18. The normalized spacial score (nSPS) is 11.4. The lowest BCUT2D eigenvalue weighted by atomic mass is 10.3. The van der Waals surface area contributed by atoms with E-state index in [2.05, 4.69) is 20.2 Å². The molecule has 3 aromatic rings. The molecule has 8 nitrogen and oxygen atoms in total. The molecule has 1 aromatic carbocycles. The summed E-state index contributed by atoms with van der Waals surface area (Å²) in [6.45, 7) is 0. The van der Waals surface area contributed by atoms with Gasteiger partial charge in [-0.25, -0.2) is 13.1 Å². The summed E-state index contributed by atoms with van der Waals surface area (Å²) in [5.41, 5.74) is 1.04. The minimum Gasteiger partial charge on any atom is -0.471 e. The van der Waals surface area contributed by atoms with Gasteiger partial charge in [0.25, 0.3) is 10.0 Å². The van der Waals surface area contributed by atoms with Crippen LogP contribution in [-0.2, 0) is 10.0 Å². The number of sulfonamides is 1. The SMILES string of the molecule is O=S(=O)(Nc1cccc(-n2cnnn2)c1)c1ccoc1. The molecule has 0 aliphatic heterocycles. The van der Waals surface area contributed by atoms with Crippen molar-refractivity contribution >= 4 is 15.7 Å². The van der Waals surface area contributed by atoms with E-state index in [-0.39, 0.29) is 4.90 Å². The molecule has 0 fully saturated rings. The Labute approximate surface area is 114 Å². The minimum absolute atomic E-state index is 0.0605. The van der Waals surface area contributed by atoms with Crippen LogP contribution in [0.25, 0.3) is 5.69 Å². The zero-order valence-electron chi connectivity index (χ0n) is 10.0. The van der Waals surface area contributed by atoms with Gasteiger partial charge in [0, 0.05) is 0 Å². The largest absolute Gasteiger partial charge is 0.471 e. The summed E-state index contributed by atoms with van der Waals surface area (Å²) in [5.74, 6) is 0. The first-order valence-electron chi connectivity index (χ1n) is 5.54. The molecule has 0 atom stereocenters. The summed E-state index contributed by atoms with van der Waals surface area (Å²) in [6.07, 6.45) is 3.88. The van der Waals surface area contributed by atoms with Crippen LogP contribution in [0.15, 0.2) is 58.5 Å². The maximum Gasteiger partial charge on any atom is 0.265 e. The molecule has 0 saturated heterocycles. The lowest BCUT2D eigenvalue weighted by Gasteiger charge is -2.07. The molecule has 0 aliphatic carbocycles. The number of rotatable bonds is 4. The van der Waals surface area contributed by atoms with E-state index in [1.165, 1.54) is 23.3 Å². The average Bonchev–Trinajstić information content (AvgIpc) is 3.12. The number of nitrogens with zero attached hydrogens (tertiary/aromatic N) is 4. The van der Waals surface area contributed by atoms with E-state index < -0.39 is 10.0 Å². The fourth-order valence-corrected chi connectivity index (χ4v) is 2.58. The van der Waals surface area contributed by atoms with Crippen molar-refractivity contribution in [1.29, 1.82) is 0 Å². The van der Waals surface area contributed by atoms with Crippen LogP contribution < -0.4 is 4.72 Å². The molecule has 0 bridgehead atoms. The third-order valence-corrected chi connectivity index (χ3v) is 3.87. The highest BCUT2D eigenvalue weighted by Gasteiger charge is 2.15. The molecular formula is C11H9N5O3S. The van der Waals surface area contributed by atoms with Crippen molar-refractivity contribution in [2.45, 2.75) is 4.90 Å². The molecule has 2 heterocycles. The van der Waals surface area contributed by atoms with Crippen molar-refractivity contribution in [1.82, 2.24) is 20.2 Å². The highest BCUT2D eigenvalue weighted by molar-refractivity contribution is 7.92. The van der Waals surface area contributed by atoms with Crippen LogP contribution in [0.5, 0.6) is 0 Å². The summed E-state index contributed by atoms with van der Waals surface area (Å²) in [7, 11) is -3.66. The molecule has 0 saturated carbocycles. The van der Waals surface area contributed by atoms with E-state index in [1.807, 2.05) is 0 Å². The van der Waals surface area contributed by atoms with Crippen LogP contribution in [0.4, 0.5) is 5.69 Å². The topological polar surface area (TPSA) is 103 Å². The second kappa shape index (κ2) is 4.78. The van der Waals surface area contributed by atoms with Crippen LogP contribution in [0, 0.1) is 0 Å². The standard InChI is InChI=1S/C11H9N5O3S/c17-20(18,11-4-5-19-7-11)13-9-2-1-3-10(6-9)16-8-12-14-15-16/h1-8,13H. The monoisotopic (exact) mass is 291 g/mol. The van der Waals surface area contributed by atoms with Crippen LogP contribution in [-0.4, -0.2) is 28.6 Å². The Hall–Kier alpha value is -2.68. The molecule has 0 unspecified atom stereocenters. The summed E-state index contributed by atoms with van der Waals surface area (Å²) in [5, 5.41) is 10.8. The highest BCUT2D eigenvalue weighted by atomic mass is 32.2. The predicted molar refractivity (Wildman–Crippen MR) is 68.7 cm³/mol. The van der Waals surface area contributed by atoms with E-state index in [1.54, 1.807) is 24.3 Å². The van der Waals surface area contributed by atoms with Crippen molar-refractivity contribution < 1.29 is 12.8 Å². The second-order valence-corrected chi connectivity index (χ2v) is 5.55. The molecule has 0 amide bonds. The number of aromatic nitrogens is 4. The summed E-state index contributed by atoms with van der Waals surface area (Å²) in [4.78, 5) is 0.0605. The molecule has 102 valence electrons. The first-order chi connectivity index (χ1) is 9.65. The van der Waals surface area contributed by atoms with Crippen LogP contribution in [0.2, 0.25) is 0 Å². The van der Waals surface area contributed by atoms with Crippen molar-refractivity contribution in [3.05, 3.63) is 49.2 Å². The van der Waals surface area contributed by atoms with E-state index in [0.29, 0.717) is 11.4 Å². The first-order valence-corrected chi connectivity index (χ1v) is 7.02. The van der Waals surface area contributed by atoms with Gasteiger partial charge < -0.3 is 4.42 Å². The van der Waals surface area contributed by atoms with E-state index in [0.717, 1.165) is 6.26 Å². The van der Waals surface area contributed by atoms with Gasteiger partial charge >= 0.3 is 0 Å². The summed E-state index contributed by atoms with van der Waals surface area (Å²) in [6, 6.07) is 8.07. The van der Waals surface area contributed by atoms with Crippen LogP contribution in [0.3, 0.4) is 0 Å². The predicted octanol–water partition coefficient (Wildman–Crippen LogP) is 1.06. The van der Waals surface area contributed by atoms with Gasteiger partial charge in [-0.2, -0.15) is 0 Å². The fraction of sp³-hybridized carbons (Fsp3) is 0. The Kier molecular flexibility index (Phi) is 2.95. The van der Waals surface area contributed by atoms with Crippen molar-refractivity contribution in [3.8, 4) is 5.69 Å². The maximum absolute atomic E-state index is 12.0. The zero-order valence-corrected chi connectivity index (χ0v) is 10.9. The molecule has 9 heteroatoms. The third-order valence-electron chi connectivity index (χ3n) is 2.52. The molecule has 3 rings (SSSR count). The number of furan rings is 1. The van der Waals surface area contributed by atoms with Gasteiger partial charge in [0.1, 0.15) is 17.5 Å². The first kappa shape index (κ1) is 12.4. The van der Waals surface area contributed by atoms with Gasteiger partial charge in [-0.1, -0.05) is 6.07 Å². The number of hydrogen-bond acceptors (Lipinski definition) is 6. The lowest BCUT2D eigenvalue weighted by molar-refractivity contribution is 0.557. The summed E-state index contributed by atoms with van der Waals surface area (Å²) < 4.78 is 32.7. The number of nitrogens with one attached hydrogen (secondary N) is 1. The van der Waals surface area contributed by atoms with Gasteiger partial charge in [0.15, 0.2) is 0 Å². The molecule has 0 aliphatic rings.